The fourth-order valence-electron chi connectivity index (χ4n) is 1.73. The zero-order valence-corrected chi connectivity index (χ0v) is 9.04. The molecule has 4 nitrogen and oxygen atoms in total. The minimum atomic E-state index is -1.60. The second kappa shape index (κ2) is 4.22. The summed E-state index contributed by atoms with van der Waals surface area (Å²) >= 11 is 0. The van der Waals surface area contributed by atoms with Crippen LogP contribution in [-0.4, -0.2) is 10.5 Å². The summed E-state index contributed by atoms with van der Waals surface area (Å²) in [5.74, 6) is 0. The van der Waals surface area contributed by atoms with Crippen molar-refractivity contribution in [2.24, 2.45) is 0 Å². The maximum absolute atomic E-state index is 10.9. The van der Waals surface area contributed by atoms with E-state index in [9.17, 15) is 10.1 Å². The summed E-state index contributed by atoms with van der Waals surface area (Å²) < 4.78 is 0. The Hall–Kier alpha value is -2.41. The summed E-state index contributed by atoms with van der Waals surface area (Å²) in [4.78, 5) is 10.3. The number of hydrogen-bond acceptors (Lipinski definition) is 3. The van der Waals surface area contributed by atoms with Gasteiger partial charge in [0.1, 0.15) is 0 Å². The van der Waals surface area contributed by atoms with Gasteiger partial charge in [-0.15, -0.1) is 0 Å². The lowest BCUT2D eigenvalue weighted by molar-refractivity contribution is -0.537. The molecule has 0 aromatic heterocycles. The lowest BCUT2D eigenvalue weighted by Crippen LogP contribution is -2.34. The van der Waals surface area contributed by atoms with Gasteiger partial charge in [0.25, 0.3) is 0 Å². The molecule has 1 aliphatic carbocycles. The SMILES string of the molecule is N#CC1([N+](=O)[O-])C=CC(c2ccccc2)=CC1. The second-order valence-electron chi connectivity index (χ2n) is 3.86. The number of nitro groups is 1. The predicted molar refractivity (Wildman–Crippen MR) is 63.5 cm³/mol. The molecule has 17 heavy (non-hydrogen) atoms. The molecule has 0 bridgehead atoms. The Morgan fingerprint density at radius 3 is 2.53 bits per heavy atom. The number of hydrogen-bond donors (Lipinski definition) is 0. The van der Waals surface area contributed by atoms with Crippen molar-refractivity contribution in [3.8, 4) is 6.07 Å². The van der Waals surface area contributed by atoms with E-state index < -0.39 is 10.5 Å². The highest BCUT2D eigenvalue weighted by Crippen LogP contribution is 2.28. The Labute approximate surface area is 98.6 Å². The van der Waals surface area contributed by atoms with Gasteiger partial charge >= 0.3 is 5.54 Å². The zero-order chi connectivity index (χ0) is 12.3. The molecule has 0 amide bonds. The normalized spacial score (nSPS) is 22.6. The van der Waals surface area contributed by atoms with Gasteiger partial charge in [-0.25, -0.2) is 0 Å². The van der Waals surface area contributed by atoms with E-state index in [1.54, 1.807) is 18.2 Å². The standard InChI is InChI=1S/C13H10N2O2/c14-10-13(15(16)17)8-6-12(7-9-13)11-4-2-1-3-5-11/h1-8H,9H2. The van der Waals surface area contributed by atoms with Crippen molar-refractivity contribution in [3.05, 3.63) is 64.2 Å². The van der Waals surface area contributed by atoms with E-state index in [0.717, 1.165) is 11.1 Å². The molecule has 0 saturated heterocycles. The number of allylic oxidation sites excluding steroid dienone is 2. The molecular weight excluding hydrogens is 216 g/mol. The topological polar surface area (TPSA) is 66.9 Å². The Kier molecular flexibility index (Phi) is 2.75. The van der Waals surface area contributed by atoms with Gasteiger partial charge in [0.2, 0.25) is 0 Å². The predicted octanol–water partition coefficient (Wildman–Crippen LogP) is 2.57. The van der Waals surface area contributed by atoms with Crippen LogP contribution in [0.5, 0.6) is 0 Å². The maximum Gasteiger partial charge on any atom is 0.327 e. The van der Waals surface area contributed by atoms with Gasteiger partial charge < -0.3 is 0 Å². The molecule has 0 fully saturated rings. The lowest BCUT2D eigenvalue weighted by atomic mass is 9.88. The number of rotatable bonds is 2. The first-order chi connectivity index (χ1) is 8.18. The first-order valence-corrected chi connectivity index (χ1v) is 5.18. The summed E-state index contributed by atoms with van der Waals surface area (Å²) in [6.07, 6.45) is 4.86. The van der Waals surface area contributed by atoms with Crippen LogP contribution in [0.2, 0.25) is 0 Å². The molecule has 1 unspecified atom stereocenters. The molecule has 0 N–H and O–H groups in total. The van der Waals surface area contributed by atoms with Crippen molar-refractivity contribution in [1.82, 2.24) is 0 Å². The van der Waals surface area contributed by atoms with Gasteiger partial charge in [-0.2, -0.15) is 5.26 Å². The van der Waals surface area contributed by atoms with E-state index in [0.29, 0.717) is 0 Å². The van der Waals surface area contributed by atoms with E-state index >= 15 is 0 Å². The summed E-state index contributed by atoms with van der Waals surface area (Å²) in [6.45, 7) is 0. The molecule has 4 heteroatoms. The smallest absolute Gasteiger partial charge is 0.263 e. The quantitative estimate of drug-likeness (QED) is 0.575. The van der Waals surface area contributed by atoms with E-state index in [1.165, 1.54) is 6.08 Å². The molecule has 0 aliphatic heterocycles. The van der Waals surface area contributed by atoms with Crippen LogP contribution in [0.4, 0.5) is 0 Å². The highest BCUT2D eigenvalue weighted by atomic mass is 16.6. The van der Waals surface area contributed by atoms with Crippen molar-refractivity contribution >= 4 is 5.57 Å². The van der Waals surface area contributed by atoms with Crippen LogP contribution >= 0.6 is 0 Å². The highest BCUT2D eigenvalue weighted by Gasteiger charge is 2.40. The van der Waals surface area contributed by atoms with Crippen LogP contribution < -0.4 is 0 Å². The Balaban J connectivity index is 2.29. The van der Waals surface area contributed by atoms with Crippen LogP contribution in [0, 0.1) is 21.4 Å². The van der Waals surface area contributed by atoms with E-state index in [-0.39, 0.29) is 6.42 Å². The van der Waals surface area contributed by atoms with Gasteiger partial charge in [-0.3, -0.25) is 10.1 Å². The highest BCUT2D eigenvalue weighted by molar-refractivity contribution is 5.75. The fourth-order valence-corrected chi connectivity index (χ4v) is 1.73. The van der Waals surface area contributed by atoms with Crippen molar-refractivity contribution in [3.63, 3.8) is 0 Å². The largest absolute Gasteiger partial charge is 0.327 e. The van der Waals surface area contributed by atoms with Crippen molar-refractivity contribution in [2.45, 2.75) is 12.0 Å². The summed E-state index contributed by atoms with van der Waals surface area (Å²) in [5.41, 5.74) is 0.315. The monoisotopic (exact) mass is 226 g/mol. The van der Waals surface area contributed by atoms with Gasteiger partial charge in [-0.1, -0.05) is 42.5 Å². The first kappa shape index (κ1) is 11.1. The Morgan fingerprint density at radius 1 is 1.35 bits per heavy atom. The summed E-state index contributed by atoms with van der Waals surface area (Å²) in [6, 6.07) is 11.3. The summed E-state index contributed by atoms with van der Waals surface area (Å²) in [5, 5.41) is 19.7. The maximum atomic E-state index is 10.9. The molecule has 0 saturated carbocycles. The van der Waals surface area contributed by atoms with Gasteiger partial charge in [0, 0.05) is 11.0 Å². The second-order valence-corrected chi connectivity index (χ2v) is 3.86. The van der Waals surface area contributed by atoms with Crippen LogP contribution in [-0.2, 0) is 0 Å². The first-order valence-electron chi connectivity index (χ1n) is 5.18. The Morgan fingerprint density at radius 2 is 2.06 bits per heavy atom. The van der Waals surface area contributed by atoms with Crippen LogP contribution in [0.25, 0.3) is 5.57 Å². The molecule has 0 radical (unpaired) electrons. The molecule has 84 valence electrons. The third-order valence-electron chi connectivity index (χ3n) is 2.80. The van der Waals surface area contributed by atoms with Crippen molar-refractivity contribution in [1.29, 1.82) is 5.26 Å². The van der Waals surface area contributed by atoms with E-state index in [1.807, 2.05) is 30.3 Å². The van der Waals surface area contributed by atoms with E-state index in [4.69, 9.17) is 5.26 Å². The zero-order valence-electron chi connectivity index (χ0n) is 9.04. The van der Waals surface area contributed by atoms with E-state index in [2.05, 4.69) is 0 Å². The van der Waals surface area contributed by atoms with Gasteiger partial charge in [0.15, 0.2) is 6.07 Å². The molecular formula is C13H10N2O2. The fraction of sp³-hybridized carbons (Fsp3) is 0.154. The average molecular weight is 226 g/mol. The molecule has 2 rings (SSSR count). The molecule has 1 aliphatic rings. The Bertz CT molecular complexity index is 540. The number of nitriles is 1. The molecule has 1 atom stereocenters. The molecule has 0 spiro atoms. The third-order valence-corrected chi connectivity index (χ3v) is 2.80. The summed E-state index contributed by atoms with van der Waals surface area (Å²) in [7, 11) is 0. The lowest BCUT2D eigenvalue weighted by Gasteiger charge is -2.16. The van der Waals surface area contributed by atoms with Crippen molar-refractivity contribution < 1.29 is 4.92 Å². The third kappa shape index (κ3) is 1.95. The minimum absolute atomic E-state index is 0.108. The molecule has 1 aromatic rings. The molecule has 1 aromatic carbocycles. The number of benzene rings is 1. The van der Waals surface area contributed by atoms with Crippen LogP contribution in [0.15, 0.2) is 48.6 Å². The van der Waals surface area contributed by atoms with Crippen LogP contribution in [0.3, 0.4) is 0 Å². The van der Waals surface area contributed by atoms with Gasteiger partial charge in [0.05, 0.1) is 6.42 Å². The number of nitrogens with zero attached hydrogens (tertiary/aromatic N) is 2. The van der Waals surface area contributed by atoms with Crippen molar-refractivity contribution in [2.75, 3.05) is 0 Å². The van der Waals surface area contributed by atoms with Gasteiger partial charge in [-0.05, 0) is 11.1 Å². The minimum Gasteiger partial charge on any atom is -0.263 e. The molecule has 0 heterocycles. The average Bonchev–Trinajstić information content (AvgIpc) is 2.39. The van der Waals surface area contributed by atoms with Crippen LogP contribution in [0.1, 0.15) is 12.0 Å².